The van der Waals surface area contributed by atoms with Gasteiger partial charge in [0.2, 0.25) is 0 Å². The van der Waals surface area contributed by atoms with E-state index in [9.17, 15) is 0 Å². The Balaban J connectivity index is -0.0000000951. The van der Waals surface area contributed by atoms with Gasteiger partial charge < -0.3 is 45.7 Å². The van der Waals surface area contributed by atoms with Gasteiger partial charge >= 0.3 is 0 Å². The largest absolute Gasteiger partial charge is 1.00 e. The minimum atomic E-state index is -1.58. The number of unbranched alkanes of at least 4 members (excludes halogenated alkanes) is 8. The zero-order chi connectivity index (χ0) is 29.5. The van der Waals surface area contributed by atoms with Crippen molar-refractivity contribution in [2.24, 2.45) is 5.73 Å². The molecule has 0 aliphatic carbocycles. The summed E-state index contributed by atoms with van der Waals surface area (Å²) < 4.78 is 2.84. The van der Waals surface area contributed by atoms with Gasteiger partial charge in [0.15, 0.2) is 0 Å². The Kier molecular flexibility index (Phi) is 56.9. The molecule has 0 aromatic carbocycles. The van der Waals surface area contributed by atoms with E-state index in [1.54, 1.807) is 0 Å². The predicted molar refractivity (Wildman–Crippen MR) is 179 cm³/mol. The first-order chi connectivity index (χ1) is 18.2. The average molecular weight is 618 g/mol. The first-order valence-electron chi connectivity index (χ1n) is 16.9. The second-order valence-corrected chi connectivity index (χ2v) is 11.6. The van der Waals surface area contributed by atoms with Crippen molar-refractivity contribution in [2.75, 3.05) is 52.4 Å². The smallest absolute Gasteiger partial charge is 0.131 e. The van der Waals surface area contributed by atoms with Crippen molar-refractivity contribution in [2.45, 2.75) is 158 Å². The Morgan fingerprint density at radius 1 is 0.429 bits per heavy atom. The fourth-order valence-corrected chi connectivity index (χ4v) is 5.29. The summed E-state index contributed by atoms with van der Waals surface area (Å²) in [6, 6.07) is 0. The molecule has 0 aromatic heterocycles. The van der Waals surface area contributed by atoms with Crippen molar-refractivity contribution in [3.63, 3.8) is 0 Å². The molecule has 9 heteroatoms. The number of hydrogen-bond acceptors (Lipinski definition) is 2. The monoisotopic (exact) mass is 618 g/mol. The Morgan fingerprint density at radius 3 is 0.595 bits per heavy atom. The molecule has 8 nitrogen and oxygen atoms in total. The summed E-state index contributed by atoms with van der Waals surface area (Å²) in [4.78, 5) is 8.67. The Hall–Kier alpha value is -1.00. The minimum absolute atomic E-state index is 0. The number of carbonyl (C=O) groups is 1. The zero-order valence-electron chi connectivity index (χ0n) is 29.6. The number of quaternary nitrogens is 2. The van der Waals surface area contributed by atoms with Gasteiger partial charge in [-0.3, -0.25) is 0 Å². The van der Waals surface area contributed by atoms with Crippen LogP contribution in [0.5, 0.6) is 0 Å². The molecular formula is C33H80FN3O5. The van der Waals surface area contributed by atoms with Gasteiger partial charge in [0.1, 0.15) is 6.09 Å². The third-order valence-corrected chi connectivity index (χ3v) is 7.89. The molecule has 0 heterocycles. The fourth-order valence-electron chi connectivity index (χ4n) is 5.29. The van der Waals surface area contributed by atoms with Gasteiger partial charge in [0.05, 0.1) is 52.4 Å². The summed E-state index contributed by atoms with van der Waals surface area (Å²) in [6.45, 7) is 30.0. The fraction of sp³-hybridized carbons (Fsp3) is 0.970. The summed E-state index contributed by atoms with van der Waals surface area (Å²) in [7, 11) is 0. The molecule has 0 atom stereocenters. The molecule has 0 aliphatic heterocycles. The van der Waals surface area contributed by atoms with Crippen molar-refractivity contribution in [3.05, 3.63) is 0 Å². The highest BCUT2D eigenvalue weighted by Gasteiger charge is 2.25. The molecule has 42 heavy (non-hydrogen) atoms. The summed E-state index contributed by atoms with van der Waals surface area (Å²) >= 11 is 0. The van der Waals surface area contributed by atoms with Crippen molar-refractivity contribution < 1.29 is 40.0 Å². The van der Waals surface area contributed by atoms with Crippen LogP contribution in [0.4, 0.5) is 4.79 Å². The third-order valence-electron chi connectivity index (χ3n) is 7.89. The highest BCUT2D eigenvalue weighted by atomic mass is 19.0. The highest BCUT2D eigenvalue weighted by molar-refractivity contribution is 5.58. The summed E-state index contributed by atoms with van der Waals surface area (Å²) in [5.41, 5.74) is 3.92. The molecule has 264 valence electrons. The normalized spacial score (nSPS) is 10.3. The first kappa shape index (κ1) is 56.7. The van der Waals surface area contributed by atoms with Gasteiger partial charge in [-0.1, -0.05) is 107 Å². The van der Waals surface area contributed by atoms with E-state index < -0.39 is 6.09 Å². The quantitative estimate of drug-likeness (QED) is 0.165. The maximum atomic E-state index is 8.67. The maximum Gasteiger partial charge on any atom is 0.131 e. The molecule has 0 aliphatic rings. The lowest BCUT2D eigenvalue weighted by molar-refractivity contribution is -0.929. The van der Waals surface area contributed by atoms with Crippen LogP contribution >= 0.6 is 0 Å². The average Bonchev–Trinajstić information content (AvgIpc) is 2.91. The van der Waals surface area contributed by atoms with Crippen LogP contribution in [0.15, 0.2) is 0 Å². The Bertz CT molecular complexity index is 374. The minimum Gasteiger partial charge on any atom is -1.00 e. The lowest BCUT2D eigenvalue weighted by Crippen LogP contribution is -3.00. The number of nitrogens with zero attached hydrogens (tertiary/aromatic N) is 2. The van der Waals surface area contributed by atoms with Crippen LogP contribution < -0.4 is 15.5 Å². The molecule has 0 spiro atoms. The molecule has 0 unspecified atom stereocenters. The molecule has 0 rings (SSSR count). The standard InChI is InChI=1S/2C16H36N.CH3NO2.FH.3H2O/c2*1-5-9-13-17(14-10-6-2,15-11-7-3)16-12-8-4;2-1(3)4;;;;/h2*5-16H2,1-4H3;2H2,(H,3,4);1H;3*1H2/q2*+1;;;;;/p-2. The van der Waals surface area contributed by atoms with Crippen LogP contribution in [-0.2, 0) is 0 Å². The number of hydrogen-bond donors (Lipinski definition) is 1. The van der Waals surface area contributed by atoms with Gasteiger partial charge in [-0.2, -0.15) is 0 Å². The van der Waals surface area contributed by atoms with Crippen LogP contribution in [0.2, 0.25) is 0 Å². The number of halogens is 1. The van der Waals surface area contributed by atoms with Gasteiger partial charge in [-0.15, -0.1) is 0 Å². The number of carbonyl (C=O) groups excluding carboxylic acids is 1. The van der Waals surface area contributed by atoms with E-state index in [0.29, 0.717) is 0 Å². The number of nitrogens with two attached hydrogens (primary N) is 1. The number of carboxylic acid groups (broad SMARTS) is 1. The van der Waals surface area contributed by atoms with E-state index in [-0.39, 0.29) is 21.1 Å². The van der Waals surface area contributed by atoms with E-state index in [1.807, 2.05) is 0 Å². The van der Waals surface area contributed by atoms with Crippen LogP contribution in [0.25, 0.3) is 0 Å². The molecule has 0 saturated carbocycles. The van der Waals surface area contributed by atoms with Crippen molar-refractivity contribution in [3.8, 4) is 0 Å². The Labute approximate surface area is 262 Å². The number of amides is 1. The second-order valence-electron chi connectivity index (χ2n) is 11.6. The van der Waals surface area contributed by atoms with Crippen LogP contribution in [0.3, 0.4) is 0 Å². The maximum absolute atomic E-state index is 8.67. The van der Waals surface area contributed by atoms with E-state index in [0.717, 1.165) is 0 Å². The van der Waals surface area contributed by atoms with Crippen molar-refractivity contribution >= 4 is 6.09 Å². The summed E-state index contributed by atoms with van der Waals surface area (Å²) in [5.74, 6) is 0. The number of rotatable bonds is 24. The van der Waals surface area contributed by atoms with Gasteiger partial charge in [0, 0.05) is 0 Å². The molecule has 8 N–H and O–H groups in total. The molecule has 0 radical (unpaired) electrons. The third kappa shape index (κ3) is 37.0. The molecule has 0 saturated heterocycles. The lowest BCUT2D eigenvalue weighted by atomic mass is 10.1. The zero-order valence-corrected chi connectivity index (χ0v) is 29.6. The second kappa shape index (κ2) is 42.1. The number of primary amides is 1. The lowest BCUT2D eigenvalue weighted by Gasteiger charge is -2.39. The molecule has 0 fully saturated rings. The van der Waals surface area contributed by atoms with E-state index in [4.69, 9.17) is 9.90 Å². The van der Waals surface area contributed by atoms with E-state index >= 15 is 0 Å². The van der Waals surface area contributed by atoms with Crippen molar-refractivity contribution in [1.29, 1.82) is 0 Å². The van der Waals surface area contributed by atoms with Crippen LogP contribution in [0.1, 0.15) is 158 Å². The highest BCUT2D eigenvalue weighted by Crippen LogP contribution is 2.17. The topological polar surface area (TPSA) is 161 Å². The van der Waals surface area contributed by atoms with Crippen LogP contribution in [0, 0.1) is 0 Å². The van der Waals surface area contributed by atoms with Gasteiger partial charge in [0.25, 0.3) is 0 Å². The molecule has 0 bridgehead atoms. The SMILES string of the molecule is CCCC[N+](CCCC)(CCCC)CCCC.CCCC[N+](CCCC)(CCCC)CCCC.NC(=O)[O-].O.O.O.[F-]. The molecule has 0 aromatic rings. The van der Waals surface area contributed by atoms with E-state index in [1.165, 1.54) is 164 Å². The van der Waals surface area contributed by atoms with Gasteiger partial charge in [-0.05, 0) is 51.4 Å². The summed E-state index contributed by atoms with van der Waals surface area (Å²) in [6.07, 6.45) is 20.5. The van der Waals surface area contributed by atoms with Crippen LogP contribution in [-0.4, -0.2) is 83.8 Å². The van der Waals surface area contributed by atoms with Crippen molar-refractivity contribution in [1.82, 2.24) is 0 Å². The predicted octanol–water partition coefficient (Wildman–Crippen LogP) is 2.83. The van der Waals surface area contributed by atoms with E-state index in [2.05, 4.69) is 61.1 Å². The Morgan fingerprint density at radius 2 is 0.524 bits per heavy atom. The first-order valence-corrected chi connectivity index (χ1v) is 16.9. The molecular weight excluding hydrogens is 537 g/mol. The summed E-state index contributed by atoms with van der Waals surface area (Å²) in [5, 5.41) is 8.67. The van der Waals surface area contributed by atoms with Gasteiger partial charge in [-0.25, -0.2) is 0 Å². The molecule has 1 amide bonds.